The molecule has 0 spiro atoms. The van der Waals surface area contributed by atoms with Gasteiger partial charge in [-0.15, -0.1) is 0 Å². The Morgan fingerprint density at radius 1 is 0.914 bits per heavy atom. The molecule has 3 aromatic rings. The molecule has 35 heavy (non-hydrogen) atoms. The maximum Gasteiger partial charge on any atom is 0.264 e. The number of methoxy groups -OCH3 is 2. The van der Waals surface area contributed by atoms with E-state index in [4.69, 9.17) is 9.47 Å². The zero-order chi connectivity index (χ0) is 25.0. The van der Waals surface area contributed by atoms with Crippen molar-refractivity contribution in [3.05, 3.63) is 83.7 Å². The predicted molar refractivity (Wildman–Crippen MR) is 135 cm³/mol. The molecular formula is C27H31FN2O4S. The van der Waals surface area contributed by atoms with Gasteiger partial charge in [0.2, 0.25) is 0 Å². The molecule has 1 aliphatic heterocycles. The molecule has 0 saturated carbocycles. The minimum Gasteiger partial charge on any atom is -0.497 e. The lowest BCUT2D eigenvalue weighted by Crippen LogP contribution is -2.47. The standard InChI is InChI=1S/C27H31FN2O4S/c1-20-4-8-23(9-5-20)30(35(31,32)27-10-6-22(28)7-11-27)24-12-14-29(15-13-24)19-21-16-25(33-2)18-26(17-21)34-3/h4-11,16-18,24H,12-15,19H2,1-3H3. The molecule has 0 N–H and O–H groups in total. The van der Waals surface area contributed by atoms with E-state index in [9.17, 15) is 12.8 Å². The van der Waals surface area contributed by atoms with Gasteiger partial charge in [0, 0.05) is 31.7 Å². The summed E-state index contributed by atoms with van der Waals surface area (Å²) in [5.74, 6) is 1.02. The first-order chi connectivity index (χ1) is 16.8. The lowest BCUT2D eigenvalue weighted by Gasteiger charge is -2.39. The molecule has 0 atom stereocenters. The number of likely N-dealkylation sites (tertiary alicyclic amines) is 1. The Morgan fingerprint density at radius 2 is 1.49 bits per heavy atom. The lowest BCUT2D eigenvalue weighted by atomic mass is 10.0. The molecule has 0 radical (unpaired) electrons. The summed E-state index contributed by atoms with van der Waals surface area (Å²) in [5, 5.41) is 0. The number of piperidine rings is 1. The Hall–Kier alpha value is -3.10. The molecule has 3 aromatic carbocycles. The van der Waals surface area contributed by atoms with Crippen LogP contribution in [0.5, 0.6) is 11.5 Å². The third-order valence-corrected chi connectivity index (χ3v) is 8.26. The average Bonchev–Trinajstić information content (AvgIpc) is 2.86. The number of anilines is 1. The van der Waals surface area contributed by atoms with Crippen LogP contribution in [0.3, 0.4) is 0 Å². The number of hydrogen-bond acceptors (Lipinski definition) is 5. The molecule has 6 nitrogen and oxygen atoms in total. The van der Waals surface area contributed by atoms with Crippen LogP contribution >= 0.6 is 0 Å². The van der Waals surface area contributed by atoms with Gasteiger partial charge in [0.1, 0.15) is 17.3 Å². The number of benzene rings is 3. The Kier molecular flexibility index (Phi) is 7.62. The third-order valence-electron chi connectivity index (χ3n) is 6.37. The number of hydrogen-bond donors (Lipinski definition) is 0. The van der Waals surface area contributed by atoms with Crippen molar-refractivity contribution in [3.8, 4) is 11.5 Å². The second-order valence-corrected chi connectivity index (χ2v) is 10.6. The van der Waals surface area contributed by atoms with Gasteiger partial charge < -0.3 is 9.47 Å². The van der Waals surface area contributed by atoms with E-state index in [0.29, 0.717) is 18.5 Å². The minimum absolute atomic E-state index is 0.0883. The summed E-state index contributed by atoms with van der Waals surface area (Å²) in [7, 11) is -0.602. The van der Waals surface area contributed by atoms with Crippen molar-refractivity contribution in [2.24, 2.45) is 0 Å². The van der Waals surface area contributed by atoms with E-state index in [2.05, 4.69) is 4.90 Å². The van der Waals surface area contributed by atoms with Crippen molar-refractivity contribution in [1.82, 2.24) is 4.90 Å². The van der Waals surface area contributed by atoms with Crippen LogP contribution in [0.4, 0.5) is 10.1 Å². The van der Waals surface area contributed by atoms with E-state index in [0.717, 1.165) is 42.3 Å². The van der Waals surface area contributed by atoms with Crippen LogP contribution in [0.2, 0.25) is 0 Å². The Labute approximate surface area is 206 Å². The summed E-state index contributed by atoms with van der Waals surface area (Å²) in [6.45, 7) is 4.17. The lowest BCUT2D eigenvalue weighted by molar-refractivity contribution is 0.206. The monoisotopic (exact) mass is 498 g/mol. The minimum atomic E-state index is -3.86. The molecule has 0 aromatic heterocycles. The second kappa shape index (κ2) is 10.7. The van der Waals surface area contributed by atoms with Crippen LogP contribution in [0.25, 0.3) is 0 Å². The van der Waals surface area contributed by atoms with Crippen molar-refractivity contribution < 1.29 is 22.3 Å². The highest BCUT2D eigenvalue weighted by Gasteiger charge is 2.34. The highest BCUT2D eigenvalue weighted by atomic mass is 32.2. The fourth-order valence-corrected chi connectivity index (χ4v) is 6.20. The van der Waals surface area contributed by atoms with Gasteiger partial charge >= 0.3 is 0 Å². The number of nitrogens with zero attached hydrogens (tertiary/aromatic N) is 2. The zero-order valence-corrected chi connectivity index (χ0v) is 21.1. The second-order valence-electron chi connectivity index (χ2n) is 8.82. The maximum absolute atomic E-state index is 13.7. The van der Waals surface area contributed by atoms with Gasteiger partial charge in [-0.25, -0.2) is 12.8 Å². The van der Waals surface area contributed by atoms with Crippen LogP contribution in [0.15, 0.2) is 71.6 Å². The summed E-state index contributed by atoms with van der Waals surface area (Å²) in [6, 6.07) is 18.2. The Bertz CT molecular complexity index is 1220. The predicted octanol–water partition coefficient (Wildman–Crippen LogP) is 5.01. The number of rotatable bonds is 8. The first-order valence-corrected chi connectivity index (χ1v) is 13.0. The Morgan fingerprint density at radius 3 is 2.03 bits per heavy atom. The quantitative estimate of drug-likeness (QED) is 0.437. The summed E-state index contributed by atoms with van der Waals surface area (Å²) in [4.78, 5) is 2.40. The first kappa shape index (κ1) is 25.0. The van der Waals surface area contributed by atoms with Gasteiger partial charge in [-0.3, -0.25) is 9.21 Å². The number of ether oxygens (including phenoxy) is 2. The van der Waals surface area contributed by atoms with Crippen molar-refractivity contribution in [2.45, 2.75) is 37.2 Å². The largest absolute Gasteiger partial charge is 0.497 e. The van der Waals surface area contributed by atoms with Gasteiger partial charge in [-0.05, 0) is 73.9 Å². The molecule has 1 heterocycles. The van der Waals surface area contributed by atoms with E-state index < -0.39 is 15.8 Å². The molecule has 0 amide bonds. The molecule has 8 heteroatoms. The third kappa shape index (κ3) is 5.77. The van der Waals surface area contributed by atoms with Crippen LogP contribution in [-0.2, 0) is 16.6 Å². The van der Waals surface area contributed by atoms with Gasteiger partial charge in [-0.1, -0.05) is 17.7 Å². The van der Waals surface area contributed by atoms with Gasteiger partial charge in [0.05, 0.1) is 24.8 Å². The SMILES string of the molecule is COc1cc(CN2CCC(N(c3ccc(C)cc3)S(=O)(=O)c3ccc(F)cc3)CC2)cc(OC)c1. The summed E-state index contributed by atoms with van der Waals surface area (Å²) >= 11 is 0. The van der Waals surface area contributed by atoms with Crippen LogP contribution < -0.4 is 13.8 Å². The molecule has 1 aliphatic rings. The average molecular weight is 499 g/mol. The van der Waals surface area contributed by atoms with Crippen molar-refractivity contribution in [3.63, 3.8) is 0 Å². The topological polar surface area (TPSA) is 59.1 Å². The van der Waals surface area contributed by atoms with E-state index in [1.807, 2.05) is 49.4 Å². The van der Waals surface area contributed by atoms with Crippen molar-refractivity contribution in [1.29, 1.82) is 0 Å². The van der Waals surface area contributed by atoms with E-state index >= 15 is 0 Å². The summed E-state index contributed by atoms with van der Waals surface area (Å²) in [5.41, 5.74) is 2.75. The maximum atomic E-state index is 13.7. The summed E-state index contributed by atoms with van der Waals surface area (Å²) < 4.78 is 53.2. The molecule has 1 fully saturated rings. The number of aryl methyl sites for hydroxylation is 1. The van der Waals surface area contributed by atoms with Crippen LogP contribution in [0.1, 0.15) is 24.0 Å². The highest BCUT2D eigenvalue weighted by Crippen LogP contribution is 2.32. The smallest absolute Gasteiger partial charge is 0.264 e. The molecular weight excluding hydrogens is 467 g/mol. The van der Waals surface area contributed by atoms with Gasteiger partial charge in [-0.2, -0.15) is 0 Å². The number of halogens is 1. The molecule has 0 bridgehead atoms. The first-order valence-electron chi connectivity index (χ1n) is 11.6. The fourth-order valence-electron chi connectivity index (χ4n) is 4.49. The van der Waals surface area contributed by atoms with Crippen molar-refractivity contribution in [2.75, 3.05) is 31.6 Å². The summed E-state index contributed by atoms with van der Waals surface area (Å²) in [6.07, 6.45) is 1.35. The van der Waals surface area contributed by atoms with Crippen molar-refractivity contribution >= 4 is 15.7 Å². The Balaban J connectivity index is 1.55. The normalized spacial score (nSPS) is 15.1. The molecule has 0 unspecified atom stereocenters. The van der Waals surface area contributed by atoms with Crippen LogP contribution in [0, 0.1) is 12.7 Å². The fraction of sp³-hybridized carbons (Fsp3) is 0.333. The van der Waals surface area contributed by atoms with Gasteiger partial charge in [0.15, 0.2) is 0 Å². The van der Waals surface area contributed by atoms with E-state index in [1.54, 1.807) is 14.2 Å². The molecule has 186 valence electrons. The molecule has 1 saturated heterocycles. The molecule has 4 rings (SSSR count). The van der Waals surface area contributed by atoms with E-state index in [1.165, 1.54) is 28.6 Å². The van der Waals surface area contributed by atoms with E-state index in [-0.39, 0.29) is 10.9 Å². The van der Waals surface area contributed by atoms with Gasteiger partial charge in [0.25, 0.3) is 10.0 Å². The number of sulfonamides is 1. The highest BCUT2D eigenvalue weighted by molar-refractivity contribution is 7.92. The van der Waals surface area contributed by atoms with Crippen LogP contribution in [-0.4, -0.2) is 46.7 Å². The zero-order valence-electron chi connectivity index (χ0n) is 20.3. The molecule has 0 aliphatic carbocycles.